The Morgan fingerprint density at radius 2 is 1.81 bits per heavy atom. The molecule has 1 N–H and O–H groups in total. The third kappa shape index (κ3) is 3.86. The summed E-state index contributed by atoms with van der Waals surface area (Å²) in [5.74, 6) is -2.43. The summed E-state index contributed by atoms with van der Waals surface area (Å²) in [5.41, 5.74) is 0.727. The Labute approximate surface area is 128 Å². The average Bonchev–Trinajstić information content (AvgIpc) is 2.48. The number of hydrogen-bond acceptors (Lipinski definition) is 3. The first-order valence-corrected chi connectivity index (χ1v) is 8.98. The molecule has 21 heavy (non-hydrogen) atoms. The van der Waals surface area contributed by atoms with Gasteiger partial charge in [0.25, 0.3) is 0 Å². The molecule has 7 heteroatoms. The molecule has 1 fully saturated rings. The lowest BCUT2D eigenvalue weighted by Gasteiger charge is -2.31. The van der Waals surface area contributed by atoms with Crippen LogP contribution >= 0.6 is 11.6 Å². The monoisotopic (exact) mass is 337 g/mol. The Kier molecular flexibility index (Phi) is 5.43. The zero-order valence-corrected chi connectivity index (χ0v) is 13.0. The van der Waals surface area contributed by atoms with Crippen molar-refractivity contribution < 1.29 is 17.2 Å². The highest BCUT2D eigenvalue weighted by molar-refractivity contribution is 7.91. The molecule has 0 saturated heterocycles. The minimum absolute atomic E-state index is 0.244. The van der Waals surface area contributed by atoms with Crippen LogP contribution in [-0.2, 0) is 9.84 Å². The van der Waals surface area contributed by atoms with Gasteiger partial charge < -0.3 is 5.32 Å². The van der Waals surface area contributed by atoms with Gasteiger partial charge in [0.1, 0.15) is 0 Å². The summed E-state index contributed by atoms with van der Waals surface area (Å²) < 4.78 is 47.6. The van der Waals surface area contributed by atoms with Gasteiger partial charge in [-0.1, -0.05) is 12.8 Å². The number of sulfone groups is 1. The first kappa shape index (κ1) is 16.5. The Balaban J connectivity index is 2.09. The molecule has 0 spiro atoms. The summed E-state index contributed by atoms with van der Waals surface area (Å²) in [5, 5.41) is 3.32. The van der Waals surface area contributed by atoms with Gasteiger partial charge in [-0.15, -0.1) is 11.6 Å². The van der Waals surface area contributed by atoms with E-state index in [2.05, 4.69) is 5.32 Å². The van der Waals surface area contributed by atoms with Crippen molar-refractivity contribution in [3.63, 3.8) is 0 Å². The van der Waals surface area contributed by atoms with Gasteiger partial charge in [-0.3, -0.25) is 0 Å². The fraction of sp³-hybridized carbons (Fsp3) is 0.571. The van der Waals surface area contributed by atoms with Gasteiger partial charge in [-0.2, -0.15) is 8.78 Å². The van der Waals surface area contributed by atoms with E-state index >= 15 is 0 Å². The van der Waals surface area contributed by atoms with E-state index in [0.29, 0.717) is 11.8 Å². The minimum Gasteiger partial charge on any atom is -0.382 e. The standard InChI is InChI=1S/C14H18ClF2NO2S/c15-9-10-3-1-2-4-13(10)18-11-5-7-12(8-6-11)21(19,20)14(16)17/h5-8,10,13-14,18H,1-4,9H2. The van der Waals surface area contributed by atoms with E-state index in [-0.39, 0.29) is 10.9 Å². The largest absolute Gasteiger partial charge is 0.382 e. The number of anilines is 1. The SMILES string of the molecule is O=S(=O)(c1ccc(NC2CCCCC2CCl)cc1)C(F)F. The zero-order valence-electron chi connectivity index (χ0n) is 11.4. The van der Waals surface area contributed by atoms with Crippen LogP contribution in [0.4, 0.5) is 14.5 Å². The molecule has 0 bridgehead atoms. The van der Waals surface area contributed by atoms with E-state index < -0.39 is 15.6 Å². The lowest BCUT2D eigenvalue weighted by molar-refractivity contribution is 0.234. The fourth-order valence-electron chi connectivity index (χ4n) is 2.64. The van der Waals surface area contributed by atoms with Crippen LogP contribution in [0.25, 0.3) is 0 Å². The highest BCUT2D eigenvalue weighted by atomic mass is 35.5. The van der Waals surface area contributed by atoms with Crippen molar-refractivity contribution in [2.75, 3.05) is 11.2 Å². The van der Waals surface area contributed by atoms with Gasteiger partial charge in [0.15, 0.2) is 0 Å². The van der Waals surface area contributed by atoms with Crippen molar-refractivity contribution in [1.29, 1.82) is 0 Å². The maximum absolute atomic E-state index is 12.5. The Hall–Kier alpha value is -0.880. The topological polar surface area (TPSA) is 46.2 Å². The van der Waals surface area contributed by atoms with E-state index in [4.69, 9.17) is 11.6 Å². The van der Waals surface area contributed by atoms with Crippen molar-refractivity contribution in [2.45, 2.75) is 42.4 Å². The highest BCUT2D eigenvalue weighted by Gasteiger charge is 2.27. The molecule has 2 unspecified atom stereocenters. The number of benzene rings is 1. The van der Waals surface area contributed by atoms with Gasteiger partial charge >= 0.3 is 5.76 Å². The number of hydrogen-bond donors (Lipinski definition) is 1. The van der Waals surface area contributed by atoms with E-state index in [1.807, 2.05) is 0 Å². The van der Waals surface area contributed by atoms with Crippen molar-refractivity contribution >= 4 is 27.1 Å². The van der Waals surface area contributed by atoms with E-state index in [1.54, 1.807) is 0 Å². The van der Waals surface area contributed by atoms with Crippen LogP contribution in [0.2, 0.25) is 0 Å². The summed E-state index contributed by atoms with van der Waals surface area (Å²) in [6.07, 6.45) is 4.37. The molecule has 3 nitrogen and oxygen atoms in total. The number of rotatable bonds is 5. The van der Waals surface area contributed by atoms with Crippen molar-refractivity contribution in [3.05, 3.63) is 24.3 Å². The second-order valence-corrected chi connectivity index (χ2v) is 7.51. The molecular formula is C14H18ClF2NO2S. The number of nitrogens with one attached hydrogen (secondary N) is 1. The summed E-state index contributed by atoms with van der Waals surface area (Å²) in [4.78, 5) is -0.361. The van der Waals surface area contributed by atoms with Crippen LogP contribution in [0.15, 0.2) is 29.2 Å². The van der Waals surface area contributed by atoms with E-state index in [9.17, 15) is 17.2 Å². The lowest BCUT2D eigenvalue weighted by Crippen LogP contribution is -2.33. The molecule has 1 aromatic carbocycles. The first-order valence-electron chi connectivity index (χ1n) is 6.89. The van der Waals surface area contributed by atoms with Crippen LogP contribution in [0.1, 0.15) is 25.7 Å². The molecule has 1 aromatic rings. The van der Waals surface area contributed by atoms with Gasteiger partial charge in [-0.25, -0.2) is 8.42 Å². The van der Waals surface area contributed by atoms with Crippen LogP contribution in [0, 0.1) is 5.92 Å². The minimum atomic E-state index is -4.52. The third-order valence-corrected chi connectivity index (χ3v) is 5.67. The van der Waals surface area contributed by atoms with Crippen molar-refractivity contribution in [3.8, 4) is 0 Å². The second-order valence-electron chi connectivity index (χ2n) is 5.28. The Bertz CT molecular complexity index is 563. The quantitative estimate of drug-likeness (QED) is 0.829. The molecule has 0 radical (unpaired) electrons. The van der Waals surface area contributed by atoms with Crippen LogP contribution in [-0.4, -0.2) is 26.1 Å². The predicted octanol–water partition coefficient (Wildman–Crippen LogP) is 3.89. The Morgan fingerprint density at radius 3 is 2.38 bits per heavy atom. The molecule has 2 rings (SSSR count). The van der Waals surface area contributed by atoms with Gasteiger partial charge in [0.2, 0.25) is 9.84 Å². The maximum atomic E-state index is 12.5. The molecule has 1 saturated carbocycles. The Morgan fingerprint density at radius 1 is 1.19 bits per heavy atom. The first-order chi connectivity index (χ1) is 9.95. The van der Waals surface area contributed by atoms with Crippen LogP contribution in [0.3, 0.4) is 0 Å². The fourth-order valence-corrected chi connectivity index (χ4v) is 3.73. The molecule has 0 aliphatic heterocycles. The van der Waals surface area contributed by atoms with Crippen molar-refractivity contribution in [2.24, 2.45) is 5.92 Å². The van der Waals surface area contributed by atoms with E-state index in [1.165, 1.54) is 30.7 Å². The molecule has 0 aromatic heterocycles. The summed E-state index contributed by atoms with van der Waals surface area (Å²) in [6, 6.07) is 5.71. The van der Waals surface area contributed by atoms with E-state index in [0.717, 1.165) is 24.9 Å². The molecule has 0 heterocycles. The van der Waals surface area contributed by atoms with Crippen molar-refractivity contribution in [1.82, 2.24) is 0 Å². The second kappa shape index (κ2) is 6.92. The molecule has 1 aliphatic carbocycles. The van der Waals surface area contributed by atoms with Crippen LogP contribution < -0.4 is 5.32 Å². The summed E-state index contributed by atoms with van der Waals surface area (Å²) >= 11 is 5.96. The molecule has 118 valence electrons. The lowest BCUT2D eigenvalue weighted by atomic mass is 9.85. The molecule has 2 atom stereocenters. The normalized spacial score (nSPS) is 23.2. The summed E-state index contributed by atoms with van der Waals surface area (Å²) in [6.45, 7) is 0. The third-order valence-electron chi connectivity index (χ3n) is 3.88. The average molecular weight is 338 g/mol. The van der Waals surface area contributed by atoms with Gasteiger partial charge in [-0.05, 0) is 43.0 Å². The summed E-state index contributed by atoms with van der Waals surface area (Å²) in [7, 11) is -4.52. The smallest absolute Gasteiger partial charge is 0.341 e. The highest BCUT2D eigenvalue weighted by Crippen LogP contribution is 2.29. The zero-order chi connectivity index (χ0) is 15.5. The molecule has 0 amide bonds. The number of halogens is 3. The predicted molar refractivity (Wildman–Crippen MR) is 79.7 cm³/mol. The number of alkyl halides is 3. The van der Waals surface area contributed by atoms with Crippen LogP contribution in [0.5, 0.6) is 0 Å². The maximum Gasteiger partial charge on any atom is 0.341 e. The molecular weight excluding hydrogens is 320 g/mol. The molecule has 1 aliphatic rings. The van der Waals surface area contributed by atoms with Gasteiger partial charge in [0.05, 0.1) is 4.90 Å². The van der Waals surface area contributed by atoms with Gasteiger partial charge in [0, 0.05) is 17.6 Å².